The van der Waals surface area contributed by atoms with Crippen molar-refractivity contribution < 1.29 is 8.81 Å². The maximum Gasteiger partial charge on any atom is 0.208 e. The van der Waals surface area contributed by atoms with Crippen molar-refractivity contribution >= 4 is 0 Å². The fourth-order valence-electron chi connectivity index (χ4n) is 3.39. The lowest BCUT2D eigenvalue weighted by Gasteiger charge is -2.25. The molecule has 138 valence electrons. The Hall–Kier alpha value is -2.23. The van der Waals surface area contributed by atoms with Gasteiger partial charge in [0, 0.05) is 25.2 Å². The Morgan fingerprint density at radius 2 is 2.12 bits per heavy atom. The second kappa shape index (κ2) is 7.98. The monoisotopic (exact) mass is 356 g/mol. The minimum absolute atomic E-state index is 0.110. The maximum absolute atomic E-state index is 14.0. The van der Waals surface area contributed by atoms with Gasteiger partial charge in [0.05, 0.1) is 23.9 Å². The molecule has 1 N–H and O–H groups in total. The summed E-state index contributed by atoms with van der Waals surface area (Å²) in [6.07, 6.45) is -0.296. The highest BCUT2D eigenvalue weighted by Gasteiger charge is 2.33. The van der Waals surface area contributed by atoms with Crippen LogP contribution in [0.4, 0.5) is 4.39 Å². The van der Waals surface area contributed by atoms with E-state index in [4.69, 9.17) is 9.68 Å². The minimum atomic E-state index is -0.816. The number of likely N-dealkylation sites (tertiary alicyclic amines) is 1. The van der Waals surface area contributed by atoms with Gasteiger partial charge in [-0.15, -0.1) is 0 Å². The van der Waals surface area contributed by atoms with Gasteiger partial charge in [-0.05, 0) is 44.9 Å². The van der Waals surface area contributed by atoms with Crippen LogP contribution in [0.5, 0.6) is 0 Å². The van der Waals surface area contributed by atoms with E-state index in [0.717, 1.165) is 17.0 Å². The molecule has 0 bridgehead atoms. The molecule has 1 fully saturated rings. The molecule has 0 spiro atoms. The van der Waals surface area contributed by atoms with Crippen molar-refractivity contribution in [2.45, 2.75) is 52.0 Å². The van der Waals surface area contributed by atoms with E-state index >= 15 is 0 Å². The number of halogens is 1. The van der Waals surface area contributed by atoms with Crippen LogP contribution in [0.15, 0.2) is 28.7 Å². The molecule has 0 radical (unpaired) electrons. The first kappa shape index (κ1) is 18.6. The van der Waals surface area contributed by atoms with Crippen molar-refractivity contribution in [2.75, 3.05) is 13.1 Å². The minimum Gasteiger partial charge on any atom is -0.444 e. The van der Waals surface area contributed by atoms with Crippen LogP contribution < -0.4 is 5.32 Å². The Kier molecular flexibility index (Phi) is 5.70. The van der Waals surface area contributed by atoms with E-state index in [9.17, 15) is 4.39 Å². The van der Waals surface area contributed by atoms with Crippen LogP contribution in [0.3, 0.4) is 0 Å². The summed E-state index contributed by atoms with van der Waals surface area (Å²) in [4.78, 5) is 6.52. The molecule has 3 rings (SSSR count). The third-order valence-corrected chi connectivity index (χ3v) is 5.09. The van der Waals surface area contributed by atoms with E-state index < -0.39 is 6.17 Å². The number of aryl methyl sites for hydroxylation is 2. The number of nitriles is 1. The number of hydrogen-bond donors (Lipinski definition) is 1. The number of nitrogens with zero attached hydrogens (tertiary/aromatic N) is 3. The average molecular weight is 356 g/mol. The number of alkyl halides is 1. The second-order valence-corrected chi connectivity index (χ2v) is 7.03. The molecule has 26 heavy (non-hydrogen) atoms. The van der Waals surface area contributed by atoms with E-state index in [1.807, 2.05) is 38.1 Å². The molecular formula is C20H25FN4O. The van der Waals surface area contributed by atoms with Crippen LogP contribution >= 0.6 is 0 Å². The topological polar surface area (TPSA) is 65.1 Å². The van der Waals surface area contributed by atoms with Crippen molar-refractivity contribution in [3.05, 3.63) is 52.7 Å². The van der Waals surface area contributed by atoms with Gasteiger partial charge in [-0.25, -0.2) is 9.37 Å². The highest BCUT2D eigenvalue weighted by Crippen LogP contribution is 2.24. The lowest BCUT2D eigenvalue weighted by molar-refractivity contribution is 0.205. The van der Waals surface area contributed by atoms with E-state index in [1.165, 1.54) is 0 Å². The molecule has 1 unspecified atom stereocenters. The average Bonchev–Trinajstić information content (AvgIpc) is 3.14. The SMILES string of the molecule is Cc1nc(CN2C[C@@H](F)C[C@H]2CNC(C)c2ccc(C#N)cc2)oc1C. The Labute approximate surface area is 153 Å². The summed E-state index contributed by atoms with van der Waals surface area (Å²) in [6, 6.07) is 9.92. The predicted octanol–water partition coefficient (Wildman–Crippen LogP) is 3.43. The van der Waals surface area contributed by atoms with Crippen LogP contribution in [0, 0.1) is 25.2 Å². The Balaban J connectivity index is 1.58. The number of hydrogen-bond acceptors (Lipinski definition) is 5. The largest absolute Gasteiger partial charge is 0.444 e. The first-order valence-corrected chi connectivity index (χ1v) is 9.00. The van der Waals surface area contributed by atoms with E-state index in [0.29, 0.717) is 37.5 Å². The van der Waals surface area contributed by atoms with Crippen molar-refractivity contribution in [2.24, 2.45) is 0 Å². The van der Waals surface area contributed by atoms with Crippen LogP contribution in [-0.2, 0) is 6.54 Å². The zero-order chi connectivity index (χ0) is 18.7. The van der Waals surface area contributed by atoms with E-state index in [2.05, 4.69) is 28.2 Å². The molecule has 2 aromatic rings. The molecule has 0 saturated carbocycles. The normalized spacial score (nSPS) is 21.7. The first-order valence-electron chi connectivity index (χ1n) is 9.00. The number of nitrogens with one attached hydrogen (secondary N) is 1. The second-order valence-electron chi connectivity index (χ2n) is 7.03. The number of oxazole rings is 1. The highest BCUT2D eigenvalue weighted by atomic mass is 19.1. The number of aromatic nitrogens is 1. The van der Waals surface area contributed by atoms with Crippen LogP contribution in [-0.4, -0.2) is 35.2 Å². The molecule has 3 atom stereocenters. The predicted molar refractivity (Wildman–Crippen MR) is 97.3 cm³/mol. The van der Waals surface area contributed by atoms with Gasteiger partial charge < -0.3 is 9.73 Å². The van der Waals surface area contributed by atoms with Crippen LogP contribution in [0.2, 0.25) is 0 Å². The lowest BCUT2D eigenvalue weighted by Crippen LogP contribution is -2.38. The number of benzene rings is 1. The maximum atomic E-state index is 14.0. The molecule has 2 heterocycles. The molecule has 5 nitrogen and oxygen atoms in total. The van der Waals surface area contributed by atoms with Gasteiger partial charge in [0.1, 0.15) is 11.9 Å². The fourth-order valence-corrected chi connectivity index (χ4v) is 3.39. The van der Waals surface area contributed by atoms with Gasteiger partial charge >= 0.3 is 0 Å². The van der Waals surface area contributed by atoms with Crippen LogP contribution in [0.1, 0.15) is 47.9 Å². The Bertz CT molecular complexity index is 761. The molecule has 1 aromatic carbocycles. The first-order chi connectivity index (χ1) is 12.5. The van der Waals surface area contributed by atoms with Gasteiger partial charge in [0.2, 0.25) is 5.89 Å². The Morgan fingerprint density at radius 1 is 1.38 bits per heavy atom. The summed E-state index contributed by atoms with van der Waals surface area (Å²) >= 11 is 0. The summed E-state index contributed by atoms with van der Waals surface area (Å²) in [5.74, 6) is 1.47. The molecule has 1 aliphatic rings. The van der Waals surface area contributed by atoms with Gasteiger partial charge in [0.15, 0.2) is 0 Å². The summed E-state index contributed by atoms with van der Waals surface area (Å²) in [7, 11) is 0. The van der Waals surface area contributed by atoms with Crippen molar-refractivity contribution in [3.63, 3.8) is 0 Å². The molecular weight excluding hydrogens is 331 g/mol. The molecule has 1 aliphatic heterocycles. The van der Waals surface area contributed by atoms with Gasteiger partial charge in [-0.3, -0.25) is 4.90 Å². The fraction of sp³-hybridized carbons (Fsp3) is 0.500. The molecule has 1 saturated heterocycles. The summed E-state index contributed by atoms with van der Waals surface area (Å²) in [5, 5.41) is 12.4. The summed E-state index contributed by atoms with van der Waals surface area (Å²) < 4.78 is 19.6. The van der Waals surface area contributed by atoms with Gasteiger partial charge in [-0.1, -0.05) is 12.1 Å². The zero-order valence-electron chi connectivity index (χ0n) is 15.5. The smallest absolute Gasteiger partial charge is 0.208 e. The molecule has 0 amide bonds. The number of rotatable bonds is 6. The Morgan fingerprint density at radius 3 is 2.73 bits per heavy atom. The molecule has 6 heteroatoms. The van der Waals surface area contributed by atoms with Crippen molar-refractivity contribution in [1.29, 1.82) is 5.26 Å². The van der Waals surface area contributed by atoms with Crippen molar-refractivity contribution in [3.8, 4) is 6.07 Å². The summed E-state index contributed by atoms with van der Waals surface area (Å²) in [5.41, 5.74) is 2.66. The van der Waals surface area contributed by atoms with Crippen molar-refractivity contribution in [1.82, 2.24) is 15.2 Å². The quantitative estimate of drug-likeness (QED) is 0.859. The third-order valence-electron chi connectivity index (χ3n) is 5.09. The molecule has 0 aliphatic carbocycles. The standard InChI is InChI=1S/C20H25FN4O/c1-13-15(3)26-20(24-13)12-25-11-18(21)8-19(25)10-23-14(2)17-6-4-16(9-22)5-7-17/h4-7,14,18-19,23H,8,10-12H2,1-3H3/t14?,18-,19-/m0/s1. The summed E-state index contributed by atoms with van der Waals surface area (Å²) in [6.45, 7) is 7.54. The lowest BCUT2D eigenvalue weighted by atomic mass is 10.1. The van der Waals surface area contributed by atoms with Gasteiger partial charge in [-0.2, -0.15) is 5.26 Å². The van der Waals surface area contributed by atoms with Gasteiger partial charge in [0.25, 0.3) is 0 Å². The van der Waals surface area contributed by atoms with E-state index in [1.54, 1.807) is 0 Å². The van der Waals surface area contributed by atoms with E-state index in [-0.39, 0.29) is 12.1 Å². The molecule has 1 aromatic heterocycles. The zero-order valence-corrected chi connectivity index (χ0v) is 15.5. The third kappa shape index (κ3) is 4.29. The highest BCUT2D eigenvalue weighted by molar-refractivity contribution is 5.32. The van der Waals surface area contributed by atoms with Crippen LogP contribution in [0.25, 0.3) is 0 Å².